The molecule has 0 aliphatic heterocycles. The van der Waals surface area contributed by atoms with Crippen molar-refractivity contribution < 1.29 is 61.6 Å². The van der Waals surface area contributed by atoms with Gasteiger partial charge in [0.05, 0.1) is 139 Å². The van der Waals surface area contributed by atoms with Crippen molar-refractivity contribution in [1.29, 1.82) is 0 Å². The predicted octanol–water partition coefficient (Wildman–Crippen LogP) is 4.65. The van der Waals surface area contributed by atoms with E-state index in [1.807, 2.05) is 0 Å². The first-order valence-corrected chi connectivity index (χ1v) is 18.8. The van der Waals surface area contributed by atoms with Crippen molar-refractivity contribution in [2.75, 3.05) is 152 Å². The number of hydrogen-bond donors (Lipinski definition) is 0. The van der Waals surface area contributed by atoms with E-state index in [0.29, 0.717) is 145 Å². The number of esters is 1. The predicted molar refractivity (Wildman–Crippen MR) is 187 cm³/mol. The van der Waals surface area contributed by atoms with Crippen molar-refractivity contribution in [2.45, 2.75) is 78.1 Å². The monoisotopic (exact) mass is 712 g/mol. The molecule has 0 aliphatic carbocycles. The lowest BCUT2D eigenvalue weighted by molar-refractivity contribution is -0.145. The van der Waals surface area contributed by atoms with Gasteiger partial charge < -0.3 is 56.8 Å². The van der Waals surface area contributed by atoms with Crippen LogP contribution in [-0.2, 0) is 61.6 Å². The van der Waals surface area contributed by atoms with Crippen molar-refractivity contribution >= 4 is 5.97 Å². The molecule has 0 rings (SSSR count). The van der Waals surface area contributed by atoms with E-state index in [9.17, 15) is 4.79 Å². The lowest BCUT2D eigenvalue weighted by Gasteiger charge is -2.09. The summed E-state index contributed by atoms with van der Waals surface area (Å²) in [5.74, 6) is -0.158. The fourth-order valence-electron chi connectivity index (χ4n) is 4.09. The second kappa shape index (κ2) is 45.1. The van der Waals surface area contributed by atoms with Crippen LogP contribution in [0.2, 0.25) is 0 Å². The van der Waals surface area contributed by atoms with Crippen LogP contribution < -0.4 is 0 Å². The molecule has 0 saturated heterocycles. The fraction of sp³-hybridized carbons (Fsp3) is 0.972. The van der Waals surface area contributed by atoms with E-state index < -0.39 is 0 Å². The van der Waals surface area contributed by atoms with Gasteiger partial charge in [-0.1, -0.05) is 58.8 Å². The lowest BCUT2D eigenvalue weighted by atomic mass is 10.1. The average molecular weight is 713 g/mol. The van der Waals surface area contributed by atoms with Gasteiger partial charge in [0.2, 0.25) is 0 Å². The highest BCUT2D eigenvalue weighted by atomic mass is 16.6. The summed E-state index contributed by atoms with van der Waals surface area (Å²) in [5, 5.41) is 0. The van der Waals surface area contributed by atoms with Crippen LogP contribution in [0.25, 0.3) is 0 Å². The Hall–Kier alpha value is -0.970. The van der Waals surface area contributed by atoms with Crippen molar-refractivity contribution in [3.05, 3.63) is 0 Å². The molecule has 0 fully saturated rings. The second-order valence-corrected chi connectivity index (χ2v) is 11.2. The summed E-state index contributed by atoms with van der Waals surface area (Å²) in [7, 11) is 0. The third kappa shape index (κ3) is 45.0. The van der Waals surface area contributed by atoms with Crippen LogP contribution >= 0.6 is 0 Å². The lowest BCUT2D eigenvalue weighted by Crippen LogP contribution is -2.15. The van der Waals surface area contributed by atoms with Crippen LogP contribution in [0.1, 0.15) is 78.1 Å². The standard InChI is InChI=1S/C36H72O13/c1-3-5-7-8-9-11-13-38-14-15-39-16-17-40-18-19-41-20-21-42-22-23-43-24-25-44-26-27-45-28-29-46-30-31-47-32-33-48-34-35-49-36(37)12-10-6-4-2/h3-35H2,1-2H3. The van der Waals surface area contributed by atoms with Crippen LogP contribution in [0.15, 0.2) is 0 Å². The SMILES string of the molecule is CCCCCCCCOCCOCCOCCOCCOCCOCCOCCOCCOCCOCCOCCOC(=O)CCCCC. The van der Waals surface area contributed by atoms with E-state index in [2.05, 4.69) is 13.8 Å². The highest BCUT2D eigenvalue weighted by Gasteiger charge is 2.02. The molecule has 0 N–H and O–H groups in total. The quantitative estimate of drug-likeness (QED) is 0.0643. The van der Waals surface area contributed by atoms with Crippen molar-refractivity contribution in [3.8, 4) is 0 Å². The second-order valence-electron chi connectivity index (χ2n) is 11.2. The largest absolute Gasteiger partial charge is 0.463 e. The van der Waals surface area contributed by atoms with Crippen molar-refractivity contribution in [3.63, 3.8) is 0 Å². The van der Waals surface area contributed by atoms with Gasteiger partial charge in [-0.2, -0.15) is 0 Å². The Labute approximate surface area is 297 Å². The third-order valence-corrected chi connectivity index (χ3v) is 6.84. The van der Waals surface area contributed by atoms with Gasteiger partial charge in [0, 0.05) is 13.0 Å². The number of carbonyl (C=O) groups excluding carboxylic acids is 1. The molecule has 0 aliphatic rings. The van der Waals surface area contributed by atoms with E-state index in [4.69, 9.17) is 56.8 Å². The van der Waals surface area contributed by atoms with Gasteiger partial charge in [0.1, 0.15) is 6.61 Å². The number of hydrogen-bond acceptors (Lipinski definition) is 13. The van der Waals surface area contributed by atoms with Gasteiger partial charge in [-0.15, -0.1) is 0 Å². The Bertz CT molecular complexity index is 615. The van der Waals surface area contributed by atoms with E-state index in [-0.39, 0.29) is 12.6 Å². The molecule has 0 unspecified atom stereocenters. The maximum Gasteiger partial charge on any atom is 0.305 e. The zero-order chi connectivity index (χ0) is 35.4. The molecule has 0 aromatic carbocycles. The Morgan fingerprint density at radius 3 is 0.857 bits per heavy atom. The molecule has 0 radical (unpaired) electrons. The minimum absolute atomic E-state index is 0.158. The fourth-order valence-corrected chi connectivity index (χ4v) is 4.09. The molecule has 0 amide bonds. The van der Waals surface area contributed by atoms with E-state index in [0.717, 1.165) is 32.3 Å². The molecule has 13 nitrogen and oxygen atoms in total. The maximum atomic E-state index is 11.5. The Morgan fingerprint density at radius 2 is 0.531 bits per heavy atom. The van der Waals surface area contributed by atoms with Crippen molar-refractivity contribution in [1.82, 2.24) is 0 Å². The molecule has 294 valence electrons. The van der Waals surface area contributed by atoms with E-state index in [1.165, 1.54) is 32.1 Å². The minimum atomic E-state index is -0.158. The minimum Gasteiger partial charge on any atom is -0.463 e. The first-order chi connectivity index (χ1) is 24.3. The molecular formula is C36H72O13. The molecule has 0 saturated carbocycles. The number of rotatable bonds is 44. The summed E-state index contributed by atoms with van der Waals surface area (Å²) in [5.41, 5.74) is 0. The Morgan fingerprint density at radius 1 is 0.286 bits per heavy atom. The normalized spacial score (nSPS) is 11.5. The Kier molecular flexibility index (Phi) is 44.2. The summed E-state index contributed by atoms with van der Waals surface area (Å²) in [6.07, 6.45) is 11.2. The van der Waals surface area contributed by atoms with Gasteiger partial charge in [0.25, 0.3) is 0 Å². The highest BCUT2D eigenvalue weighted by Crippen LogP contribution is 2.05. The summed E-state index contributed by atoms with van der Waals surface area (Å²) in [4.78, 5) is 11.5. The van der Waals surface area contributed by atoms with Crippen LogP contribution in [0.3, 0.4) is 0 Å². The summed E-state index contributed by atoms with van der Waals surface area (Å²) in [6.45, 7) is 16.3. The molecule has 0 bridgehead atoms. The topological polar surface area (TPSA) is 128 Å². The summed E-state index contributed by atoms with van der Waals surface area (Å²) >= 11 is 0. The molecule has 13 heteroatoms. The van der Waals surface area contributed by atoms with Gasteiger partial charge in [-0.05, 0) is 12.8 Å². The Balaban J connectivity index is 3.07. The van der Waals surface area contributed by atoms with E-state index in [1.54, 1.807) is 0 Å². The van der Waals surface area contributed by atoms with E-state index >= 15 is 0 Å². The number of carbonyl (C=O) groups is 1. The van der Waals surface area contributed by atoms with Crippen LogP contribution in [0.5, 0.6) is 0 Å². The molecule has 0 atom stereocenters. The van der Waals surface area contributed by atoms with Gasteiger partial charge in [0.15, 0.2) is 0 Å². The van der Waals surface area contributed by atoms with Crippen molar-refractivity contribution in [2.24, 2.45) is 0 Å². The summed E-state index contributed by atoms with van der Waals surface area (Å²) in [6, 6.07) is 0. The molecular weight excluding hydrogens is 640 g/mol. The van der Waals surface area contributed by atoms with Gasteiger partial charge >= 0.3 is 5.97 Å². The molecule has 0 aromatic rings. The van der Waals surface area contributed by atoms with Crippen LogP contribution in [0, 0.1) is 0 Å². The molecule has 49 heavy (non-hydrogen) atoms. The van der Waals surface area contributed by atoms with Crippen LogP contribution in [-0.4, -0.2) is 158 Å². The number of ether oxygens (including phenoxy) is 12. The van der Waals surface area contributed by atoms with Gasteiger partial charge in [-0.3, -0.25) is 4.79 Å². The highest BCUT2D eigenvalue weighted by molar-refractivity contribution is 5.69. The molecule has 0 spiro atoms. The average Bonchev–Trinajstić information content (AvgIpc) is 3.11. The molecule has 0 heterocycles. The molecule has 0 aromatic heterocycles. The smallest absolute Gasteiger partial charge is 0.305 e. The maximum absolute atomic E-state index is 11.5. The van der Waals surface area contributed by atoms with Gasteiger partial charge in [-0.25, -0.2) is 0 Å². The number of unbranched alkanes of at least 4 members (excludes halogenated alkanes) is 7. The summed E-state index contributed by atoms with van der Waals surface area (Å²) < 4.78 is 65.4. The zero-order valence-corrected chi connectivity index (χ0v) is 31.1. The van der Waals surface area contributed by atoms with Crippen LogP contribution in [0.4, 0.5) is 0 Å². The first kappa shape index (κ1) is 48.0. The third-order valence-electron chi connectivity index (χ3n) is 6.84. The first-order valence-electron chi connectivity index (χ1n) is 18.8. The zero-order valence-electron chi connectivity index (χ0n) is 31.1.